The highest BCUT2D eigenvalue weighted by Crippen LogP contribution is 2.20. The van der Waals surface area contributed by atoms with E-state index in [4.69, 9.17) is 9.72 Å². The van der Waals surface area contributed by atoms with Crippen molar-refractivity contribution in [2.75, 3.05) is 26.8 Å². The molecule has 0 radical (unpaired) electrons. The number of methoxy groups -OCH3 is 1. The van der Waals surface area contributed by atoms with Gasteiger partial charge in [0.25, 0.3) is 0 Å². The van der Waals surface area contributed by atoms with Gasteiger partial charge in [0.2, 0.25) is 0 Å². The predicted molar refractivity (Wildman–Crippen MR) is 76.3 cm³/mol. The molecule has 1 aliphatic rings. The molecule has 0 bridgehead atoms. The molecule has 0 aliphatic carbocycles. The molecule has 1 N–H and O–H groups in total. The summed E-state index contributed by atoms with van der Waals surface area (Å²) >= 11 is 0. The Bertz CT molecular complexity index is 543. The fourth-order valence-corrected chi connectivity index (χ4v) is 2.86. The molecule has 0 saturated carbocycles. The quantitative estimate of drug-likeness (QED) is 0.890. The number of imidazole rings is 1. The summed E-state index contributed by atoms with van der Waals surface area (Å²) in [6.45, 7) is 3.87. The Morgan fingerprint density at radius 1 is 1.42 bits per heavy atom. The van der Waals surface area contributed by atoms with Gasteiger partial charge in [-0.2, -0.15) is 0 Å². The minimum atomic E-state index is 0.720. The molecule has 1 aromatic carbocycles. The van der Waals surface area contributed by atoms with Crippen molar-refractivity contribution in [1.82, 2.24) is 14.9 Å². The first-order chi connectivity index (χ1) is 9.38. The van der Waals surface area contributed by atoms with Gasteiger partial charge in [-0.15, -0.1) is 0 Å². The fourth-order valence-electron chi connectivity index (χ4n) is 2.86. The smallest absolute Gasteiger partial charge is 0.110 e. The summed E-state index contributed by atoms with van der Waals surface area (Å²) in [6.07, 6.45) is 2.32. The molecule has 2 aromatic rings. The summed E-state index contributed by atoms with van der Waals surface area (Å²) in [5.74, 6) is 1.92. The number of hydrogen-bond donors (Lipinski definition) is 1. The van der Waals surface area contributed by atoms with E-state index in [1.54, 1.807) is 7.11 Å². The highest BCUT2D eigenvalue weighted by atomic mass is 16.5. The molecule has 2 heterocycles. The molecule has 0 spiro atoms. The van der Waals surface area contributed by atoms with Crippen molar-refractivity contribution in [3.63, 3.8) is 0 Å². The molecular formula is C15H21N3O. The van der Waals surface area contributed by atoms with Crippen molar-refractivity contribution in [3.8, 4) is 0 Å². The molecule has 4 nitrogen and oxygen atoms in total. The van der Waals surface area contributed by atoms with Crippen LogP contribution < -0.4 is 5.32 Å². The number of nitrogens with zero attached hydrogens (tertiary/aromatic N) is 2. The van der Waals surface area contributed by atoms with E-state index in [0.29, 0.717) is 0 Å². The van der Waals surface area contributed by atoms with Gasteiger partial charge in [-0.1, -0.05) is 12.1 Å². The number of aromatic nitrogens is 2. The van der Waals surface area contributed by atoms with Crippen LogP contribution in [-0.4, -0.2) is 36.4 Å². The maximum atomic E-state index is 5.23. The molecule has 1 fully saturated rings. The summed E-state index contributed by atoms with van der Waals surface area (Å²) < 4.78 is 7.54. The Morgan fingerprint density at radius 2 is 2.32 bits per heavy atom. The number of nitrogens with one attached hydrogen (secondary N) is 1. The van der Waals surface area contributed by atoms with E-state index < -0.39 is 0 Å². The fraction of sp³-hybridized carbons (Fsp3) is 0.533. The zero-order valence-electron chi connectivity index (χ0n) is 11.4. The van der Waals surface area contributed by atoms with Crippen LogP contribution in [-0.2, 0) is 17.7 Å². The summed E-state index contributed by atoms with van der Waals surface area (Å²) in [5.41, 5.74) is 2.32. The Morgan fingerprint density at radius 3 is 3.11 bits per heavy atom. The van der Waals surface area contributed by atoms with Gasteiger partial charge in [-0.3, -0.25) is 0 Å². The van der Waals surface area contributed by atoms with Crippen LogP contribution in [0.25, 0.3) is 11.0 Å². The van der Waals surface area contributed by atoms with Crippen LogP contribution in [0.1, 0.15) is 12.2 Å². The lowest BCUT2D eigenvalue weighted by atomic mass is 10.0. The molecule has 3 rings (SSSR count). The molecule has 1 unspecified atom stereocenters. The molecule has 19 heavy (non-hydrogen) atoms. The van der Waals surface area contributed by atoms with E-state index in [9.17, 15) is 0 Å². The number of rotatable bonds is 5. The van der Waals surface area contributed by atoms with Gasteiger partial charge in [-0.05, 0) is 37.6 Å². The monoisotopic (exact) mass is 259 g/mol. The molecule has 1 saturated heterocycles. The standard InChI is InChI=1S/C15H21N3O/c1-19-9-8-18-14-5-3-2-4-13(14)17-15(18)10-12-6-7-16-11-12/h2-5,12,16H,6-11H2,1H3. The lowest BCUT2D eigenvalue weighted by molar-refractivity contribution is 0.187. The number of benzene rings is 1. The van der Waals surface area contributed by atoms with Crippen molar-refractivity contribution in [3.05, 3.63) is 30.1 Å². The maximum absolute atomic E-state index is 5.23. The van der Waals surface area contributed by atoms with E-state index in [-0.39, 0.29) is 0 Å². The van der Waals surface area contributed by atoms with Crippen LogP contribution in [0.3, 0.4) is 0 Å². The third-order valence-electron chi connectivity index (χ3n) is 3.89. The first-order valence-electron chi connectivity index (χ1n) is 7.02. The Labute approximate surface area is 113 Å². The second-order valence-electron chi connectivity index (χ2n) is 5.22. The van der Waals surface area contributed by atoms with E-state index in [1.165, 1.54) is 17.8 Å². The van der Waals surface area contributed by atoms with Gasteiger partial charge in [0.05, 0.1) is 17.6 Å². The van der Waals surface area contributed by atoms with Crippen molar-refractivity contribution in [1.29, 1.82) is 0 Å². The van der Waals surface area contributed by atoms with Crippen molar-refractivity contribution in [2.45, 2.75) is 19.4 Å². The highest BCUT2D eigenvalue weighted by molar-refractivity contribution is 5.75. The number of hydrogen-bond acceptors (Lipinski definition) is 3. The summed E-state index contributed by atoms with van der Waals surface area (Å²) in [5, 5.41) is 3.43. The number of para-hydroxylation sites is 2. The first kappa shape index (κ1) is 12.6. The molecular weight excluding hydrogens is 238 g/mol. The van der Waals surface area contributed by atoms with E-state index in [1.807, 2.05) is 0 Å². The van der Waals surface area contributed by atoms with Crippen LogP contribution >= 0.6 is 0 Å². The normalized spacial score (nSPS) is 19.3. The zero-order chi connectivity index (χ0) is 13.1. The van der Waals surface area contributed by atoms with Crippen LogP contribution in [0.5, 0.6) is 0 Å². The van der Waals surface area contributed by atoms with Crippen molar-refractivity contribution < 1.29 is 4.74 Å². The van der Waals surface area contributed by atoms with Gasteiger partial charge in [0, 0.05) is 20.1 Å². The molecule has 4 heteroatoms. The van der Waals surface area contributed by atoms with Gasteiger partial charge < -0.3 is 14.6 Å². The van der Waals surface area contributed by atoms with Crippen LogP contribution in [0.2, 0.25) is 0 Å². The minimum absolute atomic E-state index is 0.720. The second-order valence-corrected chi connectivity index (χ2v) is 5.22. The van der Waals surface area contributed by atoms with Gasteiger partial charge >= 0.3 is 0 Å². The second kappa shape index (κ2) is 5.72. The number of fused-ring (bicyclic) bond motifs is 1. The van der Waals surface area contributed by atoms with E-state index >= 15 is 0 Å². The summed E-state index contributed by atoms with van der Waals surface area (Å²) in [4.78, 5) is 4.81. The van der Waals surface area contributed by atoms with Crippen LogP contribution in [0, 0.1) is 5.92 Å². The Kier molecular flexibility index (Phi) is 3.80. The van der Waals surface area contributed by atoms with Crippen LogP contribution in [0.4, 0.5) is 0 Å². The SMILES string of the molecule is COCCn1c(CC2CCNC2)nc2ccccc21. The van der Waals surface area contributed by atoms with Crippen LogP contribution in [0.15, 0.2) is 24.3 Å². The lowest BCUT2D eigenvalue weighted by Gasteiger charge is -2.11. The maximum Gasteiger partial charge on any atom is 0.110 e. The van der Waals surface area contributed by atoms with E-state index in [2.05, 4.69) is 34.1 Å². The molecule has 1 aromatic heterocycles. The molecule has 0 amide bonds. The summed E-state index contributed by atoms with van der Waals surface area (Å²) in [7, 11) is 1.75. The van der Waals surface area contributed by atoms with Crippen molar-refractivity contribution >= 4 is 11.0 Å². The molecule has 1 aliphatic heterocycles. The average molecular weight is 259 g/mol. The lowest BCUT2D eigenvalue weighted by Crippen LogP contribution is -2.15. The largest absolute Gasteiger partial charge is 0.383 e. The zero-order valence-corrected chi connectivity index (χ0v) is 11.4. The van der Waals surface area contributed by atoms with Gasteiger partial charge in [-0.25, -0.2) is 4.98 Å². The first-order valence-corrected chi connectivity index (χ1v) is 7.02. The Balaban J connectivity index is 1.91. The third kappa shape index (κ3) is 2.65. The minimum Gasteiger partial charge on any atom is -0.383 e. The van der Waals surface area contributed by atoms with Gasteiger partial charge in [0.1, 0.15) is 5.82 Å². The van der Waals surface area contributed by atoms with E-state index in [0.717, 1.165) is 44.1 Å². The molecule has 102 valence electrons. The topological polar surface area (TPSA) is 39.1 Å². The summed E-state index contributed by atoms with van der Waals surface area (Å²) in [6, 6.07) is 8.37. The molecule has 1 atom stereocenters. The van der Waals surface area contributed by atoms with Gasteiger partial charge in [0.15, 0.2) is 0 Å². The highest BCUT2D eigenvalue weighted by Gasteiger charge is 2.19. The average Bonchev–Trinajstić information content (AvgIpc) is 3.04. The third-order valence-corrected chi connectivity index (χ3v) is 3.89. The predicted octanol–water partition coefficient (Wildman–Crippen LogP) is 1.83. The Hall–Kier alpha value is -1.39. The van der Waals surface area contributed by atoms with Crippen molar-refractivity contribution in [2.24, 2.45) is 5.92 Å². The number of ether oxygens (including phenoxy) is 1.